The van der Waals surface area contributed by atoms with Gasteiger partial charge in [-0.05, 0) is 50.1 Å². The van der Waals surface area contributed by atoms with Crippen LogP contribution >= 0.6 is 23.2 Å². The van der Waals surface area contributed by atoms with Gasteiger partial charge in [-0.25, -0.2) is 5.43 Å². The highest BCUT2D eigenvalue weighted by molar-refractivity contribution is 6.36. The molecule has 10 heteroatoms. The molecular weight excluding hydrogens is 481 g/mol. The summed E-state index contributed by atoms with van der Waals surface area (Å²) < 4.78 is 16.6. The van der Waals surface area contributed by atoms with Gasteiger partial charge in [-0.15, -0.1) is 0 Å². The first-order valence-electron chi connectivity index (χ1n) is 10.6. The molecule has 1 aromatic heterocycles. The Morgan fingerprint density at radius 3 is 2.65 bits per heavy atom. The minimum atomic E-state index is -0.455. The second-order valence-corrected chi connectivity index (χ2v) is 8.70. The van der Waals surface area contributed by atoms with Gasteiger partial charge >= 0.3 is 0 Å². The monoisotopic (exact) mass is 499 g/mol. The Morgan fingerprint density at radius 2 is 1.82 bits per heavy atom. The predicted molar refractivity (Wildman–Crippen MR) is 127 cm³/mol. The molecule has 0 spiro atoms. The molecular formula is C24H19Cl2N3O5. The van der Waals surface area contributed by atoms with Gasteiger partial charge in [-0.1, -0.05) is 23.2 Å². The van der Waals surface area contributed by atoms with Crippen LogP contribution in [0.2, 0.25) is 10.0 Å². The minimum absolute atomic E-state index is 0.152. The molecule has 2 heterocycles. The number of nitrogens with one attached hydrogen (secondary N) is 2. The van der Waals surface area contributed by atoms with Crippen LogP contribution in [-0.4, -0.2) is 24.3 Å². The van der Waals surface area contributed by atoms with E-state index >= 15 is 0 Å². The molecule has 8 nitrogen and oxygen atoms in total. The Morgan fingerprint density at radius 1 is 1.00 bits per heavy atom. The topological polar surface area (TPSA) is 102 Å². The Bertz CT molecular complexity index is 1350. The number of hydrazone groups is 1. The van der Waals surface area contributed by atoms with Crippen LogP contribution in [0.3, 0.4) is 0 Å². The van der Waals surface area contributed by atoms with Gasteiger partial charge in [-0.3, -0.25) is 9.59 Å². The number of hydrogen-bond acceptors (Lipinski definition) is 6. The van der Waals surface area contributed by atoms with Gasteiger partial charge in [0.25, 0.3) is 11.8 Å². The third-order valence-corrected chi connectivity index (χ3v) is 6.18. The Labute approximate surface area is 204 Å². The van der Waals surface area contributed by atoms with E-state index in [0.717, 1.165) is 12.0 Å². The number of furan rings is 1. The van der Waals surface area contributed by atoms with E-state index in [1.807, 2.05) is 0 Å². The Hall–Kier alpha value is -3.49. The van der Waals surface area contributed by atoms with Gasteiger partial charge in [0, 0.05) is 34.3 Å². The molecule has 34 heavy (non-hydrogen) atoms. The van der Waals surface area contributed by atoms with Crippen molar-refractivity contribution < 1.29 is 23.5 Å². The summed E-state index contributed by atoms with van der Waals surface area (Å²) in [4.78, 5) is 25.5. The fourth-order valence-electron chi connectivity index (χ4n) is 4.01. The highest BCUT2D eigenvalue weighted by Gasteiger charge is 2.28. The van der Waals surface area contributed by atoms with Crippen molar-refractivity contribution in [3.8, 4) is 11.5 Å². The molecule has 0 atom stereocenters. The van der Waals surface area contributed by atoms with Crippen LogP contribution in [0.1, 0.15) is 50.6 Å². The molecule has 1 aliphatic heterocycles. The number of carbonyl (C=O) groups is 2. The average molecular weight is 500 g/mol. The van der Waals surface area contributed by atoms with Crippen LogP contribution in [0.15, 0.2) is 45.9 Å². The van der Waals surface area contributed by atoms with E-state index in [4.69, 9.17) is 37.1 Å². The minimum Gasteiger partial charge on any atom is -0.455 e. The van der Waals surface area contributed by atoms with Crippen molar-refractivity contribution in [1.82, 2.24) is 5.43 Å². The maximum atomic E-state index is 13.0. The fraction of sp³-hybridized carbons (Fsp3) is 0.208. The molecule has 0 radical (unpaired) electrons. The van der Waals surface area contributed by atoms with Crippen LogP contribution < -0.4 is 20.2 Å². The lowest BCUT2D eigenvalue weighted by atomic mass is 9.93. The van der Waals surface area contributed by atoms with Crippen LogP contribution in [0.5, 0.6) is 11.5 Å². The number of amides is 2. The molecule has 0 saturated carbocycles. The molecule has 2 aliphatic rings. The van der Waals surface area contributed by atoms with Crippen LogP contribution in [-0.2, 0) is 6.42 Å². The van der Waals surface area contributed by atoms with E-state index in [9.17, 15) is 9.59 Å². The molecule has 0 bridgehead atoms. The first-order chi connectivity index (χ1) is 16.4. The van der Waals surface area contributed by atoms with Crippen LogP contribution in [0.4, 0.5) is 5.69 Å². The van der Waals surface area contributed by atoms with Gasteiger partial charge in [-0.2, -0.15) is 5.10 Å². The molecule has 2 N–H and O–H groups in total. The number of ether oxygens (including phenoxy) is 2. The molecule has 174 valence electrons. The number of carbonyl (C=O) groups excluding carboxylic acids is 2. The number of rotatable bonds is 4. The number of anilines is 1. The summed E-state index contributed by atoms with van der Waals surface area (Å²) in [5.74, 6) is 1.22. The zero-order chi connectivity index (χ0) is 23.8. The van der Waals surface area contributed by atoms with Gasteiger partial charge in [0.2, 0.25) is 6.79 Å². The summed E-state index contributed by atoms with van der Waals surface area (Å²) in [6, 6.07) is 9.78. The van der Waals surface area contributed by atoms with Gasteiger partial charge in [0.1, 0.15) is 5.76 Å². The highest BCUT2D eigenvalue weighted by atomic mass is 35.5. The van der Waals surface area contributed by atoms with E-state index in [1.54, 1.807) is 31.2 Å². The van der Waals surface area contributed by atoms with E-state index in [2.05, 4.69) is 15.8 Å². The molecule has 1 aliphatic carbocycles. The Balaban J connectivity index is 1.37. The van der Waals surface area contributed by atoms with Gasteiger partial charge < -0.3 is 19.2 Å². The van der Waals surface area contributed by atoms with E-state index in [1.165, 1.54) is 12.1 Å². The Kier molecular flexibility index (Phi) is 5.93. The number of halogens is 2. The van der Waals surface area contributed by atoms with Crippen molar-refractivity contribution in [3.05, 3.63) is 74.7 Å². The maximum Gasteiger partial charge on any atom is 0.291 e. The first kappa shape index (κ1) is 22.3. The molecule has 2 amide bonds. The van der Waals surface area contributed by atoms with Crippen molar-refractivity contribution in [1.29, 1.82) is 0 Å². The lowest BCUT2D eigenvalue weighted by Crippen LogP contribution is -2.22. The predicted octanol–water partition coefficient (Wildman–Crippen LogP) is 5.35. The van der Waals surface area contributed by atoms with Gasteiger partial charge in [0.05, 0.1) is 16.3 Å². The quantitative estimate of drug-likeness (QED) is 0.471. The van der Waals surface area contributed by atoms with Crippen LogP contribution in [0, 0.1) is 6.92 Å². The SMILES string of the molecule is Cc1c(C(=O)Nc2ccc3c(c2)OCO3)oc2c1/C(=N/NC(=O)c1ccc(Cl)cc1Cl)CCC2. The summed E-state index contributed by atoms with van der Waals surface area (Å²) in [5, 5.41) is 7.82. The fourth-order valence-corrected chi connectivity index (χ4v) is 4.51. The van der Waals surface area contributed by atoms with Crippen molar-refractivity contribution in [2.45, 2.75) is 26.2 Å². The smallest absolute Gasteiger partial charge is 0.291 e. The zero-order valence-electron chi connectivity index (χ0n) is 18.0. The summed E-state index contributed by atoms with van der Waals surface area (Å²) in [5.41, 5.74) is 5.42. The highest BCUT2D eigenvalue weighted by Crippen LogP contribution is 2.35. The van der Waals surface area contributed by atoms with Crippen LogP contribution in [0.25, 0.3) is 0 Å². The lowest BCUT2D eigenvalue weighted by molar-refractivity contribution is 0.0953. The molecule has 5 rings (SSSR count). The van der Waals surface area contributed by atoms with E-state index in [-0.39, 0.29) is 29.0 Å². The summed E-state index contributed by atoms with van der Waals surface area (Å²) in [7, 11) is 0. The largest absolute Gasteiger partial charge is 0.455 e. The maximum absolute atomic E-state index is 13.0. The number of benzene rings is 2. The second-order valence-electron chi connectivity index (χ2n) is 7.85. The number of hydrogen-bond donors (Lipinski definition) is 2. The van der Waals surface area contributed by atoms with E-state index < -0.39 is 5.91 Å². The molecule has 0 fully saturated rings. The van der Waals surface area contributed by atoms with E-state index in [0.29, 0.717) is 52.1 Å². The normalized spacial score (nSPS) is 15.2. The van der Waals surface area contributed by atoms with Crippen molar-refractivity contribution >= 4 is 46.4 Å². The zero-order valence-corrected chi connectivity index (χ0v) is 19.5. The molecule has 0 saturated heterocycles. The molecule has 2 aromatic carbocycles. The number of aryl methyl sites for hydroxylation is 1. The summed E-state index contributed by atoms with van der Waals surface area (Å²) in [6.07, 6.45) is 2.08. The first-order valence-corrected chi connectivity index (χ1v) is 11.3. The van der Waals surface area contributed by atoms with Crippen molar-refractivity contribution in [2.24, 2.45) is 5.10 Å². The van der Waals surface area contributed by atoms with Crippen molar-refractivity contribution in [2.75, 3.05) is 12.1 Å². The number of fused-ring (bicyclic) bond motifs is 2. The number of nitrogens with zero attached hydrogens (tertiary/aromatic N) is 1. The second kappa shape index (κ2) is 9.04. The third kappa shape index (κ3) is 4.22. The summed E-state index contributed by atoms with van der Waals surface area (Å²) in [6.45, 7) is 1.95. The van der Waals surface area contributed by atoms with Crippen molar-refractivity contribution in [3.63, 3.8) is 0 Å². The molecule has 3 aromatic rings. The standard InChI is InChI=1S/C24H19Cl2N3O5/c1-12-21-17(28-29-23(30)15-7-5-13(25)9-16(15)26)3-2-4-19(21)34-22(12)24(31)27-14-6-8-18-20(10-14)33-11-32-18/h5-10H,2-4,11H2,1H3,(H,27,31)(H,29,30)/b28-17+. The van der Waals surface area contributed by atoms with Gasteiger partial charge in [0.15, 0.2) is 17.3 Å². The average Bonchev–Trinajstić information content (AvgIpc) is 3.41. The molecule has 0 unspecified atom stereocenters. The lowest BCUT2D eigenvalue weighted by Gasteiger charge is -2.13. The third-order valence-electron chi connectivity index (χ3n) is 5.63. The summed E-state index contributed by atoms with van der Waals surface area (Å²) >= 11 is 12.0.